The molecule has 3 aromatic rings. The number of esters is 1. The number of anilines is 3. The van der Waals surface area contributed by atoms with Crippen molar-refractivity contribution < 1.29 is 23.1 Å². The van der Waals surface area contributed by atoms with E-state index in [1.807, 2.05) is 39.2 Å². The van der Waals surface area contributed by atoms with E-state index >= 15 is 0 Å². The van der Waals surface area contributed by atoms with Crippen molar-refractivity contribution in [3.63, 3.8) is 0 Å². The number of aromatic nitrogens is 2. The summed E-state index contributed by atoms with van der Waals surface area (Å²) in [7, 11) is 3.63. The molecule has 1 fully saturated rings. The largest absolute Gasteiger partial charge is 0.464 e. The van der Waals surface area contributed by atoms with E-state index in [0.29, 0.717) is 22.4 Å². The summed E-state index contributed by atoms with van der Waals surface area (Å²) in [5.41, 5.74) is 7.97. The van der Waals surface area contributed by atoms with Gasteiger partial charge in [0.25, 0.3) is 11.3 Å². The fourth-order valence-electron chi connectivity index (χ4n) is 4.74. The summed E-state index contributed by atoms with van der Waals surface area (Å²) in [6, 6.07) is 4.01. The molecular formula is C25H32N6O5S2. The summed E-state index contributed by atoms with van der Waals surface area (Å²) in [6.45, 7) is 4.14. The van der Waals surface area contributed by atoms with Crippen LogP contribution >= 0.6 is 11.3 Å². The van der Waals surface area contributed by atoms with Gasteiger partial charge in [-0.1, -0.05) is 24.3 Å². The van der Waals surface area contributed by atoms with Crippen molar-refractivity contribution in [3.05, 3.63) is 41.7 Å². The molecule has 0 saturated carbocycles. The summed E-state index contributed by atoms with van der Waals surface area (Å²) in [4.78, 5) is 38.6. The summed E-state index contributed by atoms with van der Waals surface area (Å²) in [6.07, 6.45) is 4.33. The van der Waals surface area contributed by atoms with Gasteiger partial charge in [-0.2, -0.15) is 0 Å². The number of pyridine rings is 1. The molecule has 3 N–H and O–H groups in total. The highest BCUT2D eigenvalue weighted by Crippen LogP contribution is 2.34. The van der Waals surface area contributed by atoms with Crippen LogP contribution in [0, 0.1) is 0 Å². The fraction of sp³-hybridized carbons (Fsp3) is 0.440. The molecule has 1 amide bonds. The average Bonchev–Trinajstić information content (AvgIpc) is 3.50. The number of hydrogen-bond acceptors (Lipinski definition) is 9. The second-order valence-corrected chi connectivity index (χ2v) is 11.0. The van der Waals surface area contributed by atoms with Crippen LogP contribution in [-0.4, -0.2) is 74.8 Å². The Morgan fingerprint density at radius 2 is 2.08 bits per heavy atom. The first kappa shape index (κ1) is 27.7. The minimum Gasteiger partial charge on any atom is -0.464 e. The predicted molar refractivity (Wildman–Crippen MR) is 149 cm³/mol. The first-order chi connectivity index (χ1) is 18.2. The Bertz CT molecular complexity index is 1360. The monoisotopic (exact) mass is 560 g/mol. The highest BCUT2D eigenvalue weighted by molar-refractivity contribution is 7.81. The van der Waals surface area contributed by atoms with Gasteiger partial charge in [0.1, 0.15) is 22.9 Å². The van der Waals surface area contributed by atoms with Crippen LogP contribution in [0.15, 0.2) is 30.6 Å². The van der Waals surface area contributed by atoms with Crippen LogP contribution in [0.1, 0.15) is 31.4 Å². The number of carbonyl (C=O) groups excluding carboxylic acids is 2. The highest BCUT2D eigenvalue weighted by atomic mass is 32.2. The number of nitrogens with two attached hydrogens (primary N) is 1. The minimum atomic E-state index is -2.46. The lowest BCUT2D eigenvalue weighted by Gasteiger charge is -2.29. The molecule has 4 rings (SSSR count). The van der Waals surface area contributed by atoms with Crippen molar-refractivity contribution >= 4 is 61.2 Å². The number of rotatable bonds is 10. The van der Waals surface area contributed by atoms with Crippen LogP contribution in [0.2, 0.25) is 0 Å². The zero-order valence-corrected chi connectivity index (χ0v) is 23.4. The number of aryl methyl sites for hydroxylation is 1. The second-order valence-electron chi connectivity index (χ2n) is 9.13. The molecule has 13 heteroatoms. The molecule has 38 heavy (non-hydrogen) atoms. The quantitative estimate of drug-likeness (QED) is 0.283. The Balaban J connectivity index is 1.67. The lowest BCUT2D eigenvalue weighted by atomic mass is 9.94. The molecule has 3 heterocycles. The maximum atomic E-state index is 13.7. The molecule has 1 aliphatic heterocycles. The van der Waals surface area contributed by atoms with Crippen molar-refractivity contribution in [1.82, 2.24) is 14.9 Å². The molecule has 204 valence electrons. The number of likely N-dealkylation sites (tertiary alicyclic amines) is 1. The third kappa shape index (κ3) is 5.45. The van der Waals surface area contributed by atoms with Crippen molar-refractivity contribution in [2.75, 3.05) is 42.2 Å². The van der Waals surface area contributed by atoms with E-state index in [1.54, 1.807) is 18.0 Å². The van der Waals surface area contributed by atoms with Crippen LogP contribution in [-0.2, 0) is 38.4 Å². The predicted octanol–water partition coefficient (Wildman–Crippen LogP) is 2.62. The number of hydrogen-bond donors (Lipinski definition) is 2. The topological polar surface area (TPSA) is 142 Å². The Morgan fingerprint density at radius 1 is 1.32 bits per heavy atom. The number of amides is 1. The summed E-state index contributed by atoms with van der Waals surface area (Å²) in [5, 5.41) is 2.76. The highest BCUT2D eigenvalue weighted by Gasteiger charge is 2.44. The third-order valence-electron chi connectivity index (χ3n) is 6.59. The maximum Gasteiger partial charge on any atom is 0.329 e. The van der Waals surface area contributed by atoms with E-state index in [-0.39, 0.29) is 26.0 Å². The standard InChI is InChI=1S/C25H32N6O5S2/c1-5-15-12-18-16(7-9-27-22(18)26)11-17(15)13-20(24(33)36-6-2)30-10-8-19(23(30)32)31(38(34)35)21-14-28-25(37-21)29(3)4/h7,9,11-12,14,19-20H,5-6,8,10,13H2,1-4H3,(H2,26,27)(H,34,35)/t19-,20+/m0/s1. The average molecular weight is 561 g/mol. The van der Waals surface area contributed by atoms with Crippen LogP contribution in [0.25, 0.3) is 10.8 Å². The number of fused-ring (bicyclic) bond motifs is 1. The number of ether oxygens (including phenoxy) is 1. The van der Waals surface area contributed by atoms with Gasteiger partial charge < -0.3 is 20.3 Å². The van der Waals surface area contributed by atoms with Crippen molar-refractivity contribution in [2.24, 2.45) is 0 Å². The van der Waals surface area contributed by atoms with E-state index in [1.165, 1.54) is 26.7 Å². The summed E-state index contributed by atoms with van der Waals surface area (Å²) < 4.78 is 29.0. The van der Waals surface area contributed by atoms with Gasteiger partial charge in [-0.05, 0) is 48.4 Å². The van der Waals surface area contributed by atoms with E-state index in [0.717, 1.165) is 21.9 Å². The first-order valence-electron chi connectivity index (χ1n) is 12.3. The van der Waals surface area contributed by atoms with Crippen molar-refractivity contribution in [3.8, 4) is 0 Å². The van der Waals surface area contributed by atoms with Gasteiger partial charge >= 0.3 is 5.97 Å². The van der Waals surface area contributed by atoms with E-state index in [4.69, 9.17) is 10.5 Å². The number of carbonyl (C=O) groups is 2. The minimum absolute atomic E-state index is 0.169. The van der Waals surface area contributed by atoms with E-state index in [2.05, 4.69) is 9.97 Å². The Hall–Kier alpha value is -3.29. The third-order valence-corrected chi connectivity index (χ3v) is 8.66. The van der Waals surface area contributed by atoms with Gasteiger partial charge in [0.15, 0.2) is 5.13 Å². The van der Waals surface area contributed by atoms with Crippen molar-refractivity contribution in [2.45, 2.75) is 45.2 Å². The van der Waals surface area contributed by atoms with Crippen LogP contribution in [0.5, 0.6) is 0 Å². The van der Waals surface area contributed by atoms with Gasteiger partial charge in [-0.15, -0.1) is 0 Å². The van der Waals surface area contributed by atoms with Crippen LogP contribution < -0.4 is 14.9 Å². The van der Waals surface area contributed by atoms with Gasteiger partial charge in [-0.3, -0.25) is 9.35 Å². The van der Waals surface area contributed by atoms with E-state index < -0.39 is 35.2 Å². The number of nitrogens with zero attached hydrogens (tertiary/aromatic N) is 5. The Morgan fingerprint density at radius 3 is 2.71 bits per heavy atom. The first-order valence-corrected chi connectivity index (χ1v) is 14.2. The van der Waals surface area contributed by atoms with Crippen molar-refractivity contribution in [1.29, 1.82) is 0 Å². The SMILES string of the molecule is CCOC(=O)[C@@H](Cc1cc2ccnc(N)c2cc1CC)N1CC[C@H](N(c2cnc(N(C)C)s2)S(=O)O)C1=O. The number of thiazole rings is 1. The zero-order valence-electron chi connectivity index (χ0n) is 21.8. The molecule has 1 unspecified atom stereocenters. The van der Waals surface area contributed by atoms with Gasteiger partial charge in [0.05, 0.1) is 12.8 Å². The smallest absolute Gasteiger partial charge is 0.329 e. The lowest BCUT2D eigenvalue weighted by Crippen LogP contribution is -2.49. The maximum absolute atomic E-state index is 13.7. The molecule has 0 radical (unpaired) electrons. The van der Waals surface area contributed by atoms with Gasteiger partial charge in [0.2, 0.25) is 5.91 Å². The second kappa shape index (κ2) is 11.6. The molecular weight excluding hydrogens is 528 g/mol. The normalized spacial score (nSPS) is 17.0. The lowest BCUT2D eigenvalue weighted by molar-refractivity contribution is -0.153. The molecule has 0 aliphatic carbocycles. The molecule has 11 nitrogen and oxygen atoms in total. The van der Waals surface area contributed by atoms with Gasteiger partial charge in [0, 0.05) is 38.6 Å². The molecule has 2 aromatic heterocycles. The molecule has 3 atom stereocenters. The number of nitrogen functional groups attached to an aromatic ring is 1. The van der Waals surface area contributed by atoms with Crippen LogP contribution in [0.3, 0.4) is 0 Å². The molecule has 0 spiro atoms. The zero-order chi connectivity index (χ0) is 27.6. The van der Waals surface area contributed by atoms with Gasteiger partial charge in [-0.25, -0.2) is 23.3 Å². The Kier molecular flexibility index (Phi) is 8.48. The number of benzene rings is 1. The molecule has 1 saturated heterocycles. The Labute approximate surface area is 228 Å². The van der Waals surface area contributed by atoms with E-state index in [9.17, 15) is 18.4 Å². The summed E-state index contributed by atoms with van der Waals surface area (Å²) in [5.74, 6) is -0.486. The molecule has 1 aromatic carbocycles. The molecule has 1 aliphatic rings. The summed E-state index contributed by atoms with van der Waals surface area (Å²) >= 11 is -1.25. The van der Waals surface area contributed by atoms with Crippen LogP contribution in [0.4, 0.5) is 16.0 Å². The molecule has 0 bridgehead atoms. The fourth-order valence-corrected chi connectivity index (χ4v) is 6.46.